The number of aliphatic hydroxyl groups excluding tert-OH is 11. The Labute approximate surface area is 566 Å². The van der Waals surface area contributed by atoms with Crippen molar-refractivity contribution in [3.05, 3.63) is 72.9 Å². The molecule has 19 nitrogen and oxygen atoms in total. The monoisotopic (exact) mass is 1340 g/mol. The maximum atomic E-state index is 13.4. The van der Waals surface area contributed by atoms with Crippen molar-refractivity contribution in [3.63, 3.8) is 0 Å². The smallest absolute Gasteiger partial charge is 0.220 e. The first-order valence-corrected chi connectivity index (χ1v) is 37.2. The Balaban J connectivity index is 1.24. The van der Waals surface area contributed by atoms with Crippen LogP contribution in [0.4, 0.5) is 0 Å². The van der Waals surface area contributed by atoms with E-state index in [4.69, 9.17) is 28.4 Å². The van der Waals surface area contributed by atoms with Gasteiger partial charge in [0, 0.05) is 6.42 Å². The van der Waals surface area contributed by atoms with Crippen molar-refractivity contribution in [2.24, 2.45) is 0 Å². The molecule has 3 fully saturated rings. The molecular weight excluding hydrogens is 1200 g/mol. The van der Waals surface area contributed by atoms with Crippen LogP contribution in [0.25, 0.3) is 0 Å². The molecule has 0 radical (unpaired) electrons. The molecule has 94 heavy (non-hydrogen) atoms. The van der Waals surface area contributed by atoms with E-state index in [1.54, 1.807) is 0 Å². The third kappa shape index (κ3) is 36.9. The van der Waals surface area contributed by atoms with Gasteiger partial charge in [0.25, 0.3) is 0 Å². The topological polar surface area (TPSA) is 307 Å². The lowest BCUT2D eigenvalue weighted by Gasteiger charge is -2.48. The second-order valence-electron chi connectivity index (χ2n) is 26.4. The Bertz CT molecular complexity index is 1980. The first-order chi connectivity index (χ1) is 45.8. The van der Waals surface area contributed by atoms with Gasteiger partial charge in [0.15, 0.2) is 18.9 Å². The highest BCUT2D eigenvalue weighted by Gasteiger charge is 2.53. The molecule has 19 heteroatoms. The van der Waals surface area contributed by atoms with E-state index in [1.165, 1.54) is 148 Å². The number of ether oxygens (including phenoxy) is 6. The number of hydrogen-bond acceptors (Lipinski definition) is 18. The normalized spacial score (nSPS) is 27.8. The number of unbranched alkanes of at least 4 members (excludes halogenated alkanes) is 29. The molecule has 3 aliphatic rings. The van der Waals surface area contributed by atoms with Crippen molar-refractivity contribution in [2.75, 3.05) is 26.4 Å². The van der Waals surface area contributed by atoms with E-state index in [2.05, 4.69) is 92.1 Å². The molecule has 17 atom stereocenters. The Kier molecular flexibility index (Phi) is 50.9. The van der Waals surface area contributed by atoms with Gasteiger partial charge in [-0.2, -0.15) is 0 Å². The number of nitrogens with one attached hydrogen (secondary N) is 1. The summed E-state index contributed by atoms with van der Waals surface area (Å²) in [5, 5.41) is 120. The van der Waals surface area contributed by atoms with Crippen molar-refractivity contribution in [1.82, 2.24) is 5.32 Å². The number of aliphatic hydroxyl groups is 11. The van der Waals surface area contributed by atoms with E-state index in [9.17, 15) is 61.0 Å². The predicted octanol–water partition coefficient (Wildman–Crippen LogP) is 10.9. The van der Waals surface area contributed by atoms with E-state index in [0.717, 1.165) is 83.5 Å². The van der Waals surface area contributed by atoms with Crippen LogP contribution >= 0.6 is 0 Å². The molecule has 3 saturated heterocycles. The highest BCUT2D eigenvalue weighted by molar-refractivity contribution is 5.76. The fourth-order valence-corrected chi connectivity index (χ4v) is 12.3. The molecule has 0 aromatic carbocycles. The molecule has 12 N–H and O–H groups in total. The molecule has 0 bridgehead atoms. The Morgan fingerprint density at radius 3 is 1.15 bits per heavy atom. The number of hydrogen-bond donors (Lipinski definition) is 12. The van der Waals surface area contributed by atoms with Crippen LogP contribution in [0.15, 0.2) is 72.9 Å². The predicted molar refractivity (Wildman–Crippen MR) is 369 cm³/mol. The van der Waals surface area contributed by atoms with Crippen molar-refractivity contribution < 1.29 is 89.4 Å². The lowest BCUT2D eigenvalue weighted by molar-refractivity contribution is -0.379. The SMILES string of the molecule is CC/C=C\C/C=C\C/C=C\C/C=C\C/C=C\C/C=C\CCCCCCCCCCCCCCCCCCCCCCCCC(=O)NC(COC1OC(CO)C(OC2OC(CO)C(OC3OC(CO)C(O)C(O)C3O)C(O)C2O)C(O)C1O)C(O)CCCCCCCCCC. The van der Waals surface area contributed by atoms with Crippen LogP contribution < -0.4 is 5.32 Å². The summed E-state index contributed by atoms with van der Waals surface area (Å²) in [5.41, 5.74) is 0. The van der Waals surface area contributed by atoms with E-state index in [1.807, 2.05) is 0 Å². The maximum Gasteiger partial charge on any atom is 0.220 e. The van der Waals surface area contributed by atoms with E-state index < -0.39 is 124 Å². The zero-order chi connectivity index (χ0) is 68.2. The summed E-state index contributed by atoms with van der Waals surface area (Å²) < 4.78 is 34.3. The molecular formula is C75H133NO18. The summed E-state index contributed by atoms with van der Waals surface area (Å²) in [6, 6.07) is -0.885. The number of rotatable bonds is 57. The van der Waals surface area contributed by atoms with E-state index in [-0.39, 0.29) is 18.9 Å². The third-order valence-corrected chi connectivity index (χ3v) is 18.3. The molecule has 0 aromatic rings. The molecule has 1 amide bonds. The zero-order valence-corrected chi connectivity index (χ0v) is 57.9. The highest BCUT2D eigenvalue weighted by atomic mass is 16.8. The lowest BCUT2D eigenvalue weighted by Crippen LogP contribution is -2.66. The van der Waals surface area contributed by atoms with Gasteiger partial charge in [0.05, 0.1) is 38.6 Å². The van der Waals surface area contributed by atoms with Crippen molar-refractivity contribution in [3.8, 4) is 0 Å². The van der Waals surface area contributed by atoms with Crippen molar-refractivity contribution >= 4 is 5.91 Å². The average molecular weight is 1340 g/mol. The Morgan fingerprint density at radius 2 is 0.734 bits per heavy atom. The summed E-state index contributed by atoms with van der Waals surface area (Å²) >= 11 is 0. The molecule has 546 valence electrons. The van der Waals surface area contributed by atoms with Gasteiger partial charge in [-0.1, -0.05) is 267 Å². The van der Waals surface area contributed by atoms with Crippen LogP contribution in [-0.4, -0.2) is 193 Å². The minimum absolute atomic E-state index is 0.244. The first kappa shape index (κ1) is 85.5. The first-order valence-electron chi connectivity index (χ1n) is 37.2. The summed E-state index contributed by atoms with van der Waals surface area (Å²) in [6.07, 6.45) is 44.9. The standard InChI is InChI=1S/C75H133NO18/c1-3-5-7-9-11-13-14-15-16-17-18-19-20-21-22-23-24-25-26-27-28-29-30-31-32-33-34-35-36-37-38-39-40-41-42-43-44-45-47-49-51-53-63(81)76-58(59(80)52-50-48-46-12-10-8-6-4-2)57-89-73-69(87)66(84)71(61(55-78)91-73)94-75-70(88)67(85)72(62(56-79)92-75)93-74-68(86)65(83)64(82)60(54-77)90-74/h5,7,11,13,15-16,18-19,21-22,24-25,58-62,64-75,77-80,82-88H,3-4,6,8-10,12,14,17,20,23,26-57H2,1-2H3,(H,76,81)/b7-5-,13-11-,16-15-,19-18-,22-21-,25-24-. The molecule has 3 aliphatic heterocycles. The highest BCUT2D eigenvalue weighted by Crippen LogP contribution is 2.33. The quantitative estimate of drug-likeness (QED) is 0.0199. The second kappa shape index (κ2) is 56.0. The third-order valence-electron chi connectivity index (χ3n) is 18.3. The van der Waals surface area contributed by atoms with Gasteiger partial charge in [0.2, 0.25) is 5.91 Å². The summed E-state index contributed by atoms with van der Waals surface area (Å²) in [4.78, 5) is 13.4. The van der Waals surface area contributed by atoms with Crippen LogP contribution in [0.5, 0.6) is 0 Å². The summed E-state index contributed by atoms with van der Waals surface area (Å²) in [7, 11) is 0. The van der Waals surface area contributed by atoms with Crippen LogP contribution in [-0.2, 0) is 33.2 Å². The van der Waals surface area contributed by atoms with Crippen LogP contribution in [0.3, 0.4) is 0 Å². The molecule has 0 aliphatic carbocycles. The van der Waals surface area contributed by atoms with Gasteiger partial charge >= 0.3 is 0 Å². The number of amides is 1. The minimum Gasteiger partial charge on any atom is -0.394 e. The van der Waals surface area contributed by atoms with Crippen molar-refractivity contribution in [1.29, 1.82) is 0 Å². The number of carbonyl (C=O) groups excluding carboxylic acids is 1. The van der Waals surface area contributed by atoms with E-state index >= 15 is 0 Å². The second-order valence-corrected chi connectivity index (χ2v) is 26.4. The molecule has 0 spiro atoms. The van der Waals surface area contributed by atoms with Gasteiger partial charge in [-0.15, -0.1) is 0 Å². The van der Waals surface area contributed by atoms with Crippen LogP contribution in [0.2, 0.25) is 0 Å². The Morgan fingerprint density at radius 1 is 0.394 bits per heavy atom. The van der Waals surface area contributed by atoms with E-state index in [0.29, 0.717) is 12.8 Å². The van der Waals surface area contributed by atoms with Gasteiger partial charge < -0.3 is 89.9 Å². The van der Waals surface area contributed by atoms with Crippen LogP contribution in [0, 0.1) is 0 Å². The van der Waals surface area contributed by atoms with Gasteiger partial charge in [-0.25, -0.2) is 0 Å². The van der Waals surface area contributed by atoms with Crippen molar-refractivity contribution in [2.45, 2.75) is 369 Å². The maximum absolute atomic E-state index is 13.4. The lowest BCUT2D eigenvalue weighted by atomic mass is 9.96. The molecule has 3 heterocycles. The molecule has 0 saturated carbocycles. The Hall–Kier alpha value is -2.77. The largest absolute Gasteiger partial charge is 0.394 e. The number of allylic oxidation sites excluding steroid dienone is 12. The summed E-state index contributed by atoms with van der Waals surface area (Å²) in [6.45, 7) is 1.64. The van der Waals surface area contributed by atoms with Gasteiger partial charge in [0.1, 0.15) is 73.2 Å². The molecule has 17 unspecified atom stereocenters. The summed E-state index contributed by atoms with van der Waals surface area (Å²) in [5.74, 6) is -0.244. The fourth-order valence-electron chi connectivity index (χ4n) is 12.3. The van der Waals surface area contributed by atoms with Gasteiger partial charge in [-0.05, 0) is 64.2 Å². The zero-order valence-electron chi connectivity index (χ0n) is 57.9. The molecule has 3 rings (SSSR count). The van der Waals surface area contributed by atoms with Gasteiger partial charge in [-0.3, -0.25) is 4.79 Å². The fraction of sp³-hybridized carbons (Fsp3) is 0.827. The van der Waals surface area contributed by atoms with Crippen LogP contribution in [0.1, 0.15) is 264 Å². The minimum atomic E-state index is -1.97. The number of carbonyl (C=O) groups is 1. The average Bonchev–Trinajstić information content (AvgIpc) is 0.834. The molecule has 0 aromatic heterocycles.